The number of urea groups is 1. The Balaban J connectivity index is 1.58. The summed E-state index contributed by atoms with van der Waals surface area (Å²) < 4.78 is 19.6. The number of halogens is 1. The number of hydrogen-bond donors (Lipinski definition) is 2. The molecule has 1 aliphatic rings. The highest BCUT2D eigenvalue weighted by Crippen LogP contribution is 2.33. The van der Waals surface area contributed by atoms with Gasteiger partial charge in [0.25, 0.3) is 0 Å². The van der Waals surface area contributed by atoms with Gasteiger partial charge in [0.05, 0.1) is 11.8 Å². The van der Waals surface area contributed by atoms with E-state index in [-0.39, 0.29) is 17.7 Å². The third-order valence-electron chi connectivity index (χ3n) is 4.33. The number of ether oxygens (including phenoxy) is 1. The third kappa shape index (κ3) is 3.74. The zero-order valence-electron chi connectivity index (χ0n) is 13.6. The molecule has 0 bridgehead atoms. The first-order valence-corrected chi connectivity index (χ1v) is 8.11. The van der Waals surface area contributed by atoms with E-state index >= 15 is 0 Å². The van der Waals surface area contributed by atoms with Gasteiger partial charge in [-0.25, -0.2) is 9.18 Å². The van der Waals surface area contributed by atoms with Crippen molar-refractivity contribution in [3.8, 4) is 0 Å². The number of benzene rings is 2. The number of carbonyl (C=O) groups excluding carboxylic acids is 1. The van der Waals surface area contributed by atoms with Gasteiger partial charge < -0.3 is 15.4 Å². The summed E-state index contributed by atoms with van der Waals surface area (Å²) in [5, 5.41) is 5.42. The Kier molecular flexibility index (Phi) is 5.11. The van der Waals surface area contributed by atoms with E-state index in [1.807, 2.05) is 30.3 Å². The van der Waals surface area contributed by atoms with Crippen molar-refractivity contribution in [1.82, 2.24) is 5.32 Å². The number of para-hydroxylation sites is 1. The van der Waals surface area contributed by atoms with E-state index in [1.54, 1.807) is 19.1 Å². The van der Waals surface area contributed by atoms with Gasteiger partial charge in [-0.3, -0.25) is 0 Å². The number of amides is 2. The molecule has 2 aromatic carbocycles. The monoisotopic (exact) mass is 328 g/mol. The van der Waals surface area contributed by atoms with Gasteiger partial charge in [-0.15, -0.1) is 0 Å². The summed E-state index contributed by atoms with van der Waals surface area (Å²) in [7, 11) is 0. The molecule has 1 heterocycles. The predicted molar refractivity (Wildman–Crippen MR) is 91.4 cm³/mol. The van der Waals surface area contributed by atoms with Crippen molar-refractivity contribution >= 4 is 11.7 Å². The number of nitrogens with one attached hydrogen (secondary N) is 2. The maximum Gasteiger partial charge on any atom is 0.319 e. The number of aryl methyl sites for hydroxylation is 1. The molecule has 1 saturated heterocycles. The van der Waals surface area contributed by atoms with E-state index in [0.717, 1.165) is 12.0 Å². The average molecular weight is 328 g/mol. The van der Waals surface area contributed by atoms with Crippen molar-refractivity contribution in [2.24, 2.45) is 5.92 Å². The largest absolute Gasteiger partial charge is 0.373 e. The smallest absolute Gasteiger partial charge is 0.319 e. The number of hydrogen-bond acceptors (Lipinski definition) is 2. The minimum Gasteiger partial charge on any atom is -0.373 e. The van der Waals surface area contributed by atoms with Crippen LogP contribution in [0.25, 0.3) is 0 Å². The molecule has 0 aromatic heterocycles. The molecule has 126 valence electrons. The number of carbonyl (C=O) groups is 1. The van der Waals surface area contributed by atoms with Crippen LogP contribution in [-0.4, -0.2) is 19.2 Å². The Morgan fingerprint density at radius 2 is 2.00 bits per heavy atom. The van der Waals surface area contributed by atoms with Crippen LogP contribution < -0.4 is 10.6 Å². The second kappa shape index (κ2) is 7.45. The van der Waals surface area contributed by atoms with Gasteiger partial charge >= 0.3 is 6.03 Å². The predicted octanol–water partition coefficient (Wildman–Crippen LogP) is 4.03. The lowest BCUT2D eigenvalue weighted by atomic mass is 9.95. The van der Waals surface area contributed by atoms with Gasteiger partial charge in [-0.05, 0) is 30.5 Å². The molecule has 1 aliphatic heterocycles. The average Bonchev–Trinajstić information content (AvgIpc) is 3.06. The van der Waals surface area contributed by atoms with Gasteiger partial charge in [-0.1, -0.05) is 42.5 Å². The van der Waals surface area contributed by atoms with Crippen LogP contribution in [0.15, 0.2) is 48.5 Å². The molecule has 2 aromatic rings. The molecule has 1 fully saturated rings. The number of anilines is 1. The van der Waals surface area contributed by atoms with E-state index in [1.165, 1.54) is 6.07 Å². The van der Waals surface area contributed by atoms with E-state index in [9.17, 15) is 9.18 Å². The molecular weight excluding hydrogens is 307 g/mol. The number of rotatable bonds is 4. The standard InChI is InChI=1S/C19H21FN2O2/c1-13-6-5-9-16(20)17(13)22-19(23)21-12-15-10-11-24-18(15)14-7-3-2-4-8-14/h2-9,15,18H,10-12H2,1H3,(H2,21,22,23)/t15-,18-/m1/s1. The third-order valence-corrected chi connectivity index (χ3v) is 4.33. The normalized spacial score (nSPS) is 19.9. The molecule has 0 unspecified atom stereocenters. The Bertz CT molecular complexity index is 686. The molecule has 0 saturated carbocycles. The van der Waals surface area contributed by atoms with E-state index < -0.39 is 11.8 Å². The molecule has 4 nitrogen and oxygen atoms in total. The minimum absolute atomic E-state index is 0.0123. The molecule has 0 spiro atoms. The van der Waals surface area contributed by atoms with E-state index in [4.69, 9.17) is 4.74 Å². The lowest BCUT2D eigenvalue weighted by Crippen LogP contribution is -2.34. The first-order chi connectivity index (χ1) is 11.6. The van der Waals surface area contributed by atoms with E-state index in [0.29, 0.717) is 18.7 Å². The Morgan fingerprint density at radius 3 is 2.75 bits per heavy atom. The van der Waals surface area contributed by atoms with Crippen LogP contribution in [0.5, 0.6) is 0 Å². The Hall–Kier alpha value is -2.40. The highest BCUT2D eigenvalue weighted by molar-refractivity contribution is 5.90. The van der Waals surface area contributed by atoms with Crippen LogP contribution in [0.2, 0.25) is 0 Å². The van der Waals surface area contributed by atoms with Crippen LogP contribution >= 0.6 is 0 Å². The summed E-state index contributed by atoms with van der Waals surface area (Å²) in [6, 6.07) is 14.3. The molecule has 2 N–H and O–H groups in total. The lowest BCUT2D eigenvalue weighted by Gasteiger charge is -2.19. The minimum atomic E-state index is -0.434. The van der Waals surface area contributed by atoms with Gasteiger partial charge in [0.2, 0.25) is 0 Å². The Labute approximate surface area is 141 Å². The Morgan fingerprint density at radius 1 is 1.21 bits per heavy atom. The van der Waals surface area contributed by atoms with Crippen molar-refractivity contribution in [2.75, 3.05) is 18.5 Å². The first-order valence-electron chi connectivity index (χ1n) is 8.11. The van der Waals surface area contributed by atoms with Gasteiger partial charge in [0.15, 0.2) is 0 Å². The fraction of sp³-hybridized carbons (Fsp3) is 0.316. The first kappa shape index (κ1) is 16.5. The molecular formula is C19H21FN2O2. The maximum absolute atomic E-state index is 13.8. The summed E-state index contributed by atoms with van der Waals surface area (Å²) in [6.07, 6.45) is 0.875. The summed E-state index contributed by atoms with van der Waals surface area (Å²) in [4.78, 5) is 12.1. The van der Waals surface area contributed by atoms with Crippen molar-refractivity contribution in [3.63, 3.8) is 0 Å². The summed E-state index contributed by atoms with van der Waals surface area (Å²) in [6.45, 7) is 2.92. The molecule has 0 aliphatic carbocycles. The molecule has 2 atom stereocenters. The van der Waals surface area contributed by atoms with E-state index in [2.05, 4.69) is 10.6 Å². The fourth-order valence-electron chi connectivity index (χ4n) is 3.03. The lowest BCUT2D eigenvalue weighted by molar-refractivity contribution is 0.0911. The van der Waals surface area contributed by atoms with Gasteiger partial charge in [-0.2, -0.15) is 0 Å². The van der Waals surface area contributed by atoms with Gasteiger partial charge in [0.1, 0.15) is 5.82 Å². The summed E-state index contributed by atoms with van der Waals surface area (Å²) in [5.74, 6) is -0.226. The second-order valence-corrected chi connectivity index (χ2v) is 6.02. The topological polar surface area (TPSA) is 50.4 Å². The van der Waals surface area contributed by atoms with Crippen molar-refractivity contribution in [2.45, 2.75) is 19.4 Å². The van der Waals surface area contributed by atoms with Crippen LogP contribution in [0.4, 0.5) is 14.9 Å². The van der Waals surface area contributed by atoms with Crippen molar-refractivity contribution in [3.05, 3.63) is 65.5 Å². The van der Waals surface area contributed by atoms with Crippen molar-refractivity contribution in [1.29, 1.82) is 0 Å². The zero-order valence-corrected chi connectivity index (χ0v) is 13.6. The molecule has 5 heteroatoms. The van der Waals surface area contributed by atoms with Crippen LogP contribution in [0.3, 0.4) is 0 Å². The van der Waals surface area contributed by atoms with Crippen LogP contribution in [0, 0.1) is 18.7 Å². The summed E-state index contributed by atoms with van der Waals surface area (Å²) in [5.41, 5.74) is 2.03. The summed E-state index contributed by atoms with van der Waals surface area (Å²) >= 11 is 0. The molecule has 24 heavy (non-hydrogen) atoms. The van der Waals surface area contributed by atoms with Crippen LogP contribution in [0.1, 0.15) is 23.7 Å². The van der Waals surface area contributed by atoms with Crippen molar-refractivity contribution < 1.29 is 13.9 Å². The molecule has 0 radical (unpaired) electrons. The fourth-order valence-corrected chi connectivity index (χ4v) is 3.03. The quantitative estimate of drug-likeness (QED) is 0.890. The highest BCUT2D eigenvalue weighted by Gasteiger charge is 2.29. The van der Waals surface area contributed by atoms with Crippen LogP contribution in [-0.2, 0) is 4.74 Å². The SMILES string of the molecule is Cc1cccc(F)c1NC(=O)NC[C@H]1CCO[C@@H]1c1ccccc1. The molecule has 2 amide bonds. The maximum atomic E-state index is 13.8. The second-order valence-electron chi connectivity index (χ2n) is 6.02. The van der Waals surface area contributed by atoms with Gasteiger partial charge in [0, 0.05) is 19.1 Å². The molecule has 3 rings (SSSR count). The highest BCUT2D eigenvalue weighted by atomic mass is 19.1. The zero-order chi connectivity index (χ0) is 16.9.